The van der Waals surface area contributed by atoms with E-state index in [1.165, 1.54) is 15.4 Å². The highest BCUT2D eigenvalue weighted by molar-refractivity contribution is 6.08. The van der Waals surface area contributed by atoms with Gasteiger partial charge in [-0.2, -0.15) is 0 Å². The summed E-state index contributed by atoms with van der Waals surface area (Å²) < 4.78 is 0. The molecule has 5 rings (SSSR count). The number of allylic oxidation sites excluding steroid dienone is 4. The molecule has 0 N–H and O–H groups in total. The molecular weight excluding hydrogens is 440 g/mol. The quantitative estimate of drug-likeness (QED) is 0.407. The second kappa shape index (κ2) is 7.75. The topological polar surface area (TPSA) is 74.8 Å². The number of hydrogen-bond donors (Lipinski definition) is 0. The van der Waals surface area contributed by atoms with Crippen molar-refractivity contribution in [2.24, 2.45) is 47.3 Å². The molecule has 4 amide bonds. The van der Waals surface area contributed by atoms with Gasteiger partial charge in [-0.25, -0.2) is 0 Å². The van der Waals surface area contributed by atoms with E-state index < -0.39 is 11.1 Å². The normalized spacial score (nSPS) is 38.4. The van der Waals surface area contributed by atoms with Gasteiger partial charge in [0.2, 0.25) is 23.6 Å². The van der Waals surface area contributed by atoms with Crippen LogP contribution in [0.4, 0.5) is 0 Å². The van der Waals surface area contributed by atoms with E-state index in [9.17, 15) is 19.2 Å². The summed E-state index contributed by atoms with van der Waals surface area (Å²) in [6.07, 6.45) is 8.64. The Morgan fingerprint density at radius 1 is 0.857 bits per heavy atom. The van der Waals surface area contributed by atoms with Crippen LogP contribution in [0.3, 0.4) is 0 Å². The number of rotatable bonds is 7. The number of imide groups is 2. The minimum absolute atomic E-state index is 0.00843. The number of amides is 4. The molecule has 2 bridgehead atoms. The lowest BCUT2D eigenvalue weighted by Crippen LogP contribution is -2.57. The van der Waals surface area contributed by atoms with Gasteiger partial charge in [0, 0.05) is 11.1 Å². The summed E-state index contributed by atoms with van der Waals surface area (Å²) in [6.45, 7) is 17.3. The van der Waals surface area contributed by atoms with Crippen LogP contribution in [-0.2, 0) is 19.2 Å². The fourth-order valence-corrected chi connectivity index (χ4v) is 8.65. The van der Waals surface area contributed by atoms with E-state index in [1.807, 2.05) is 46.8 Å². The van der Waals surface area contributed by atoms with Crippen LogP contribution in [-0.4, -0.2) is 44.5 Å². The molecule has 5 aliphatic rings. The highest BCUT2D eigenvalue weighted by Gasteiger charge is 2.65. The Morgan fingerprint density at radius 2 is 1.40 bits per heavy atom. The maximum atomic E-state index is 13.7. The third kappa shape index (κ3) is 3.20. The Labute approximate surface area is 208 Å². The Hall–Kier alpha value is -2.50. The molecule has 0 aromatic heterocycles. The second-order valence-corrected chi connectivity index (χ2v) is 12.8. The van der Waals surface area contributed by atoms with Crippen molar-refractivity contribution < 1.29 is 19.2 Å². The minimum Gasteiger partial charge on any atom is -0.276 e. The van der Waals surface area contributed by atoms with Crippen LogP contribution in [0.25, 0.3) is 0 Å². The van der Waals surface area contributed by atoms with Gasteiger partial charge >= 0.3 is 0 Å². The molecule has 2 heterocycles. The number of likely N-dealkylation sites (tertiary alicyclic amines) is 2. The first-order valence-electron chi connectivity index (χ1n) is 13.1. The van der Waals surface area contributed by atoms with E-state index in [0.717, 1.165) is 19.3 Å². The molecule has 188 valence electrons. The van der Waals surface area contributed by atoms with E-state index in [1.54, 1.807) is 0 Å². The van der Waals surface area contributed by atoms with Crippen molar-refractivity contribution in [1.82, 2.24) is 9.80 Å². The first-order chi connectivity index (χ1) is 16.4. The fourth-order valence-electron chi connectivity index (χ4n) is 8.65. The first-order valence-corrected chi connectivity index (χ1v) is 13.1. The van der Waals surface area contributed by atoms with Crippen LogP contribution in [0.15, 0.2) is 37.0 Å². The molecule has 3 aliphatic carbocycles. The van der Waals surface area contributed by atoms with Gasteiger partial charge in [-0.05, 0) is 77.0 Å². The van der Waals surface area contributed by atoms with Crippen LogP contribution in [0.2, 0.25) is 0 Å². The largest absolute Gasteiger partial charge is 0.276 e. The predicted molar refractivity (Wildman–Crippen MR) is 132 cm³/mol. The summed E-state index contributed by atoms with van der Waals surface area (Å²) in [5, 5.41) is 0. The standard InChI is InChI=1S/C29H38N2O4/c1-8-10-17-12-18-13-19(17)23-22(18)26(34)31(27(23)35)29(6,7)14-28(4,5)30-24(32)20-15(3)11-16(9-2)21(20)25(30)33/h8-9,12,15-16,18-23H,1-2,10-11,13-14H2,3-7H3. The highest BCUT2D eigenvalue weighted by Crippen LogP contribution is 2.58. The zero-order valence-electron chi connectivity index (χ0n) is 21.6. The molecular formula is C29H38N2O4. The molecule has 8 atom stereocenters. The Kier molecular flexibility index (Phi) is 5.36. The molecule has 0 aromatic carbocycles. The minimum atomic E-state index is -0.836. The van der Waals surface area contributed by atoms with Gasteiger partial charge in [0.15, 0.2) is 0 Å². The van der Waals surface area contributed by atoms with Crippen molar-refractivity contribution in [2.45, 2.75) is 71.4 Å². The smallest absolute Gasteiger partial charge is 0.234 e. The van der Waals surface area contributed by atoms with Crippen molar-refractivity contribution in [3.05, 3.63) is 37.0 Å². The second-order valence-electron chi connectivity index (χ2n) is 12.8. The van der Waals surface area contributed by atoms with Crippen LogP contribution in [0, 0.1) is 47.3 Å². The molecule has 0 aromatic rings. The SMILES string of the molecule is C=CCC1=CC2CC1C1C(=O)N(C(C)(C)CC(C)(C)N3C(=O)C4C(C)CC(C=C)C4C3=O)C(=O)C21. The molecule has 0 spiro atoms. The average Bonchev–Trinajstić information content (AvgIpc) is 3.51. The van der Waals surface area contributed by atoms with Gasteiger partial charge in [0.05, 0.1) is 23.7 Å². The van der Waals surface area contributed by atoms with Crippen LogP contribution in [0.5, 0.6) is 0 Å². The van der Waals surface area contributed by atoms with Crippen molar-refractivity contribution in [1.29, 1.82) is 0 Å². The lowest BCUT2D eigenvalue weighted by atomic mass is 9.80. The van der Waals surface area contributed by atoms with Crippen LogP contribution >= 0.6 is 0 Å². The van der Waals surface area contributed by atoms with Crippen LogP contribution in [0.1, 0.15) is 60.3 Å². The summed E-state index contributed by atoms with van der Waals surface area (Å²) in [5.41, 5.74) is -0.434. The summed E-state index contributed by atoms with van der Waals surface area (Å²) in [6, 6.07) is 0. The number of carbonyl (C=O) groups is 4. The summed E-state index contributed by atoms with van der Waals surface area (Å²) >= 11 is 0. The lowest BCUT2D eigenvalue weighted by molar-refractivity contribution is -0.151. The van der Waals surface area contributed by atoms with Gasteiger partial charge in [0.1, 0.15) is 0 Å². The summed E-state index contributed by atoms with van der Waals surface area (Å²) in [4.78, 5) is 57.3. The van der Waals surface area contributed by atoms with Gasteiger partial charge in [-0.1, -0.05) is 30.7 Å². The zero-order valence-corrected chi connectivity index (χ0v) is 21.6. The Balaban J connectivity index is 1.39. The predicted octanol–water partition coefficient (Wildman–Crippen LogP) is 4.13. The molecule has 6 heteroatoms. The maximum Gasteiger partial charge on any atom is 0.234 e. The molecule has 8 unspecified atom stereocenters. The summed E-state index contributed by atoms with van der Waals surface area (Å²) in [5.74, 6) is -1.33. The zero-order chi connectivity index (χ0) is 25.6. The summed E-state index contributed by atoms with van der Waals surface area (Å²) in [7, 11) is 0. The van der Waals surface area contributed by atoms with Crippen LogP contribution < -0.4 is 0 Å². The highest BCUT2D eigenvalue weighted by atomic mass is 16.2. The van der Waals surface area contributed by atoms with Crippen molar-refractivity contribution in [3.63, 3.8) is 0 Å². The van der Waals surface area contributed by atoms with Crippen molar-refractivity contribution >= 4 is 23.6 Å². The Morgan fingerprint density at radius 3 is 1.97 bits per heavy atom. The van der Waals surface area contributed by atoms with Gasteiger partial charge < -0.3 is 0 Å². The lowest BCUT2D eigenvalue weighted by Gasteiger charge is -2.44. The van der Waals surface area contributed by atoms with Crippen molar-refractivity contribution in [2.75, 3.05) is 0 Å². The van der Waals surface area contributed by atoms with Gasteiger partial charge in [-0.3, -0.25) is 29.0 Å². The average molecular weight is 479 g/mol. The monoisotopic (exact) mass is 478 g/mol. The molecule has 2 saturated heterocycles. The maximum absolute atomic E-state index is 13.7. The van der Waals surface area contributed by atoms with Crippen molar-refractivity contribution in [3.8, 4) is 0 Å². The Bertz CT molecular complexity index is 1070. The van der Waals surface area contributed by atoms with E-state index >= 15 is 0 Å². The third-order valence-corrected chi connectivity index (χ3v) is 9.60. The van der Waals surface area contributed by atoms with Gasteiger partial charge in [-0.15, -0.1) is 13.2 Å². The van der Waals surface area contributed by atoms with E-state index in [2.05, 4.69) is 19.2 Å². The number of fused-ring (bicyclic) bond motifs is 6. The molecule has 2 aliphatic heterocycles. The molecule has 4 fully saturated rings. The molecule has 6 nitrogen and oxygen atoms in total. The van der Waals surface area contributed by atoms with E-state index in [4.69, 9.17) is 0 Å². The molecule has 2 saturated carbocycles. The molecule has 35 heavy (non-hydrogen) atoms. The first kappa shape index (κ1) is 24.2. The van der Waals surface area contributed by atoms with E-state index in [-0.39, 0.29) is 71.0 Å². The molecule has 0 radical (unpaired) electrons. The number of hydrogen-bond acceptors (Lipinski definition) is 4. The number of nitrogens with zero attached hydrogens (tertiary/aromatic N) is 2. The van der Waals surface area contributed by atoms with Gasteiger partial charge in [0.25, 0.3) is 0 Å². The number of carbonyl (C=O) groups excluding carboxylic acids is 4. The fraction of sp³-hybridized carbons (Fsp3) is 0.655. The van der Waals surface area contributed by atoms with E-state index in [0.29, 0.717) is 6.42 Å². The third-order valence-electron chi connectivity index (χ3n) is 9.60.